The zero-order valence-corrected chi connectivity index (χ0v) is 15.4. The molecule has 0 aliphatic carbocycles. The molecule has 0 atom stereocenters. The normalized spacial score (nSPS) is 13.7. The Bertz CT molecular complexity index is 949. The fourth-order valence-electron chi connectivity index (χ4n) is 3.25. The van der Waals surface area contributed by atoms with Gasteiger partial charge in [0, 0.05) is 25.9 Å². The van der Waals surface area contributed by atoms with Gasteiger partial charge in [0.05, 0.1) is 23.6 Å². The molecule has 1 amide bonds. The molecule has 2 aromatic heterocycles. The van der Waals surface area contributed by atoms with Crippen molar-refractivity contribution < 1.29 is 13.6 Å². The van der Waals surface area contributed by atoms with Crippen molar-refractivity contribution in [1.29, 1.82) is 0 Å². The monoisotopic (exact) mass is 380 g/mol. The third kappa shape index (κ3) is 4.19. The highest BCUT2D eigenvalue weighted by Crippen LogP contribution is 2.24. The predicted octanol–water partition coefficient (Wildman–Crippen LogP) is 4.05. The second kappa shape index (κ2) is 8.21. The fraction of sp³-hybridized carbons (Fsp3) is 0.286. The third-order valence-corrected chi connectivity index (χ3v) is 4.72. The van der Waals surface area contributed by atoms with Crippen molar-refractivity contribution in [2.45, 2.75) is 25.7 Å². The largest absolute Gasteiger partial charge is 0.441 e. The Kier molecular flexibility index (Phi) is 5.32. The van der Waals surface area contributed by atoms with Crippen molar-refractivity contribution >= 4 is 17.4 Å². The second-order valence-electron chi connectivity index (χ2n) is 6.75. The van der Waals surface area contributed by atoms with Gasteiger partial charge in [-0.1, -0.05) is 12.1 Å². The summed E-state index contributed by atoms with van der Waals surface area (Å²) in [5.74, 6) is 1.18. The molecule has 0 unspecified atom stereocenters. The summed E-state index contributed by atoms with van der Waals surface area (Å²) < 4.78 is 19.4. The maximum absolute atomic E-state index is 13.8. The fourth-order valence-corrected chi connectivity index (χ4v) is 3.25. The molecule has 1 aliphatic rings. The number of carbonyl (C=O) groups excluding carboxylic acids is 1. The maximum atomic E-state index is 13.8. The van der Waals surface area contributed by atoms with Crippen molar-refractivity contribution in [3.8, 4) is 11.3 Å². The molecule has 3 heterocycles. The van der Waals surface area contributed by atoms with Gasteiger partial charge >= 0.3 is 0 Å². The Morgan fingerprint density at radius 1 is 1.11 bits per heavy atom. The molecule has 0 radical (unpaired) electrons. The van der Waals surface area contributed by atoms with E-state index >= 15 is 0 Å². The van der Waals surface area contributed by atoms with Crippen molar-refractivity contribution in [1.82, 2.24) is 9.97 Å². The van der Waals surface area contributed by atoms with Crippen LogP contribution in [0, 0.1) is 5.82 Å². The minimum atomic E-state index is -0.368. The molecular weight excluding hydrogens is 359 g/mol. The average molecular weight is 380 g/mol. The molecule has 1 fully saturated rings. The number of carbonyl (C=O) groups is 1. The summed E-state index contributed by atoms with van der Waals surface area (Å²) in [4.78, 5) is 23.0. The van der Waals surface area contributed by atoms with Gasteiger partial charge in [-0.15, -0.1) is 0 Å². The third-order valence-electron chi connectivity index (χ3n) is 4.72. The Hall–Kier alpha value is -3.22. The number of amides is 1. The molecule has 28 heavy (non-hydrogen) atoms. The van der Waals surface area contributed by atoms with Gasteiger partial charge in [-0.05, 0) is 37.1 Å². The molecule has 1 N–H and O–H groups in total. The number of aryl methyl sites for hydroxylation is 1. The molecule has 7 heteroatoms. The first kappa shape index (κ1) is 18.2. The van der Waals surface area contributed by atoms with E-state index in [0.717, 1.165) is 18.9 Å². The summed E-state index contributed by atoms with van der Waals surface area (Å²) in [6.07, 6.45) is 6.09. The van der Waals surface area contributed by atoms with Gasteiger partial charge < -0.3 is 14.6 Å². The van der Waals surface area contributed by atoms with Crippen molar-refractivity contribution in [3.05, 3.63) is 60.5 Å². The molecular formula is C21H21FN4O2. The van der Waals surface area contributed by atoms with Crippen LogP contribution < -0.4 is 10.2 Å². The van der Waals surface area contributed by atoms with Crippen LogP contribution >= 0.6 is 0 Å². The first-order valence-corrected chi connectivity index (χ1v) is 9.39. The van der Waals surface area contributed by atoms with Crippen LogP contribution in [-0.2, 0) is 11.2 Å². The topological polar surface area (TPSA) is 71.3 Å². The highest BCUT2D eigenvalue weighted by atomic mass is 19.1. The molecule has 1 aliphatic heterocycles. The SMILES string of the molecule is O=C(CCc1ncc(-c2ccccc2F)o1)Nc1ccc(N2CCCC2)nc1. The zero-order chi connectivity index (χ0) is 19.3. The Morgan fingerprint density at radius 2 is 1.93 bits per heavy atom. The van der Waals surface area contributed by atoms with Crippen molar-refractivity contribution in [3.63, 3.8) is 0 Å². The van der Waals surface area contributed by atoms with E-state index in [1.54, 1.807) is 24.4 Å². The summed E-state index contributed by atoms with van der Waals surface area (Å²) in [5.41, 5.74) is 1.02. The minimum absolute atomic E-state index is 0.152. The van der Waals surface area contributed by atoms with E-state index < -0.39 is 0 Å². The number of anilines is 2. The number of pyridine rings is 1. The summed E-state index contributed by atoms with van der Waals surface area (Å²) in [6.45, 7) is 2.06. The zero-order valence-electron chi connectivity index (χ0n) is 15.4. The van der Waals surface area contributed by atoms with E-state index in [1.165, 1.54) is 25.1 Å². The summed E-state index contributed by atoms with van der Waals surface area (Å²) >= 11 is 0. The molecule has 6 nitrogen and oxygen atoms in total. The average Bonchev–Trinajstić information content (AvgIpc) is 3.40. The highest BCUT2D eigenvalue weighted by Gasteiger charge is 2.14. The molecule has 1 saturated heterocycles. The van der Waals surface area contributed by atoms with Crippen LogP contribution in [0.5, 0.6) is 0 Å². The lowest BCUT2D eigenvalue weighted by Crippen LogP contribution is -2.19. The number of aromatic nitrogens is 2. The quantitative estimate of drug-likeness (QED) is 0.699. The van der Waals surface area contributed by atoms with Crippen LogP contribution in [-0.4, -0.2) is 29.0 Å². The standard InChI is InChI=1S/C21H21FN4O2/c22-17-6-2-1-5-16(17)18-14-24-21(28-18)10-9-20(27)25-15-7-8-19(23-13-15)26-11-3-4-12-26/h1-2,5-8,13-14H,3-4,9-12H2,(H,25,27). The predicted molar refractivity (Wildman–Crippen MR) is 105 cm³/mol. The van der Waals surface area contributed by atoms with Gasteiger partial charge in [0.2, 0.25) is 5.91 Å². The Morgan fingerprint density at radius 3 is 2.68 bits per heavy atom. The van der Waals surface area contributed by atoms with Gasteiger partial charge in [0.1, 0.15) is 11.6 Å². The van der Waals surface area contributed by atoms with Gasteiger partial charge in [-0.3, -0.25) is 4.79 Å². The van der Waals surface area contributed by atoms with E-state index in [0.29, 0.717) is 29.3 Å². The second-order valence-corrected chi connectivity index (χ2v) is 6.75. The lowest BCUT2D eigenvalue weighted by molar-refractivity contribution is -0.116. The van der Waals surface area contributed by atoms with Crippen LogP contribution in [0.15, 0.2) is 53.2 Å². The van der Waals surface area contributed by atoms with Crippen LogP contribution in [0.25, 0.3) is 11.3 Å². The molecule has 0 saturated carbocycles. The lowest BCUT2D eigenvalue weighted by atomic mass is 10.2. The van der Waals surface area contributed by atoms with Crippen LogP contribution in [0.2, 0.25) is 0 Å². The first-order valence-electron chi connectivity index (χ1n) is 9.39. The Balaban J connectivity index is 1.30. The first-order chi connectivity index (χ1) is 13.7. The number of hydrogen-bond acceptors (Lipinski definition) is 5. The smallest absolute Gasteiger partial charge is 0.224 e. The van der Waals surface area contributed by atoms with Crippen LogP contribution in [0.3, 0.4) is 0 Å². The summed E-state index contributed by atoms with van der Waals surface area (Å²) in [6, 6.07) is 10.1. The molecule has 0 bridgehead atoms. The lowest BCUT2D eigenvalue weighted by Gasteiger charge is -2.16. The van der Waals surface area contributed by atoms with Gasteiger partial charge in [-0.25, -0.2) is 14.4 Å². The van der Waals surface area contributed by atoms with Crippen LogP contribution in [0.1, 0.15) is 25.2 Å². The number of oxazole rings is 1. The van der Waals surface area contributed by atoms with Gasteiger partial charge in [-0.2, -0.15) is 0 Å². The van der Waals surface area contributed by atoms with Gasteiger partial charge in [0.25, 0.3) is 0 Å². The number of rotatable bonds is 6. The Labute approximate surface area is 162 Å². The van der Waals surface area contributed by atoms with E-state index in [4.69, 9.17) is 4.42 Å². The van der Waals surface area contributed by atoms with E-state index in [-0.39, 0.29) is 18.1 Å². The van der Waals surface area contributed by atoms with Crippen molar-refractivity contribution in [2.24, 2.45) is 0 Å². The minimum Gasteiger partial charge on any atom is -0.441 e. The van der Waals surface area contributed by atoms with Crippen LogP contribution in [0.4, 0.5) is 15.9 Å². The molecule has 1 aromatic carbocycles. The maximum Gasteiger partial charge on any atom is 0.224 e. The molecule has 0 spiro atoms. The van der Waals surface area contributed by atoms with E-state index in [2.05, 4.69) is 20.2 Å². The number of nitrogens with one attached hydrogen (secondary N) is 1. The summed E-state index contributed by atoms with van der Waals surface area (Å²) in [5, 5.41) is 2.83. The number of nitrogens with zero attached hydrogens (tertiary/aromatic N) is 3. The molecule has 144 valence electrons. The number of halogens is 1. The van der Waals surface area contributed by atoms with Crippen molar-refractivity contribution in [2.75, 3.05) is 23.3 Å². The molecule has 3 aromatic rings. The highest BCUT2D eigenvalue weighted by molar-refractivity contribution is 5.90. The number of hydrogen-bond donors (Lipinski definition) is 1. The molecule has 4 rings (SSSR count). The van der Waals surface area contributed by atoms with E-state index in [9.17, 15) is 9.18 Å². The number of benzene rings is 1. The van der Waals surface area contributed by atoms with Gasteiger partial charge in [0.15, 0.2) is 11.7 Å². The van der Waals surface area contributed by atoms with E-state index in [1.807, 2.05) is 12.1 Å². The summed E-state index contributed by atoms with van der Waals surface area (Å²) in [7, 11) is 0.